The fourth-order valence-corrected chi connectivity index (χ4v) is 1.71. The van der Waals surface area contributed by atoms with Gasteiger partial charge in [0.1, 0.15) is 0 Å². The van der Waals surface area contributed by atoms with Gasteiger partial charge in [0.05, 0.1) is 18.6 Å². The molecule has 1 heterocycles. The molecule has 0 saturated carbocycles. The SMILES string of the molecule is COC(=O)C(C)CN1CC(C)(O)C1. The van der Waals surface area contributed by atoms with E-state index >= 15 is 0 Å². The summed E-state index contributed by atoms with van der Waals surface area (Å²) < 4.78 is 4.61. The van der Waals surface area contributed by atoms with Crippen molar-refractivity contribution in [2.24, 2.45) is 5.92 Å². The molecule has 0 aliphatic carbocycles. The summed E-state index contributed by atoms with van der Waals surface area (Å²) in [6.07, 6.45) is 0. The first-order valence-corrected chi connectivity index (χ1v) is 4.47. The van der Waals surface area contributed by atoms with Gasteiger partial charge in [-0.1, -0.05) is 6.92 Å². The van der Waals surface area contributed by atoms with Crippen LogP contribution in [-0.4, -0.2) is 48.3 Å². The zero-order valence-electron chi connectivity index (χ0n) is 8.41. The lowest BCUT2D eigenvalue weighted by atomic mass is 9.95. The van der Waals surface area contributed by atoms with Crippen molar-refractivity contribution in [1.29, 1.82) is 0 Å². The van der Waals surface area contributed by atoms with Gasteiger partial charge >= 0.3 is 5.97 Å². The van der Waals surface area contributed by atoms with Crippen LogP contribution >= 0.6 is 0 Å². The molecule has 1 fully saturated rings. The molecule has 1 aliphatic rings. The Bertz CT molecular complexity index is 195. The predicted molar refractivity (Wildman–Crippen MR) is 48.2 cm³/mol. The fourth-order valence-electron chi connectivity index (χ4n) is 1.71. The average Bonchev–Trinajstić information content (AvgIpc) is 1.99. The van der Waals surface area contributed by atoms with E-state index in [1.807, 2.05) is 11.8 Å². The highest BCUT2D eigenvalue weighted by Crippen LogP contribution is 2.20. The normalized spacial score (nSPS) is 23.4. The van der Waals surface area contributed by atoms with Gasteiger partial charge in [0.25, 0.3) is 0 Å². The summed E-state index contributed by atoms with van der Waals surface area (Å²) in [6.45, 7) is 5.59. The van der Waals surface area contributed by atoms with Gasteiger partial charge in [0, 0.05) is 19.6 Å². The van der Waals surface area contributed by atoms with E-state index in [2.05, 4.69) is 4.74 Å². The molecule has 1 atom stereocenters. The zero-order valence-corrected chi connectivity index (χ0v) is 8.41. The number of ether oxygens (including phenoxy) is 1. The summed E-state index contributed by atoms with van der Waals surface area (Å²) in [5.41, 5.74) is -0.560. The monoisotopic (exact) mass is 187 g/mol. The molecule has 0 aromatic heterocycles. The van der Waals surface area contributed by atoms with Crippen LogP contribution in [0.25, 0.3) is 0 Å². The third kappa shape index (κ3) is 2.67. The van der Waals surface area contributed by atoms with Crippen LogP contribution in [0.1, 0.15) is 13.8 Å². The Morgan fingerprint density at radius 2 is 2.23 bits per heavy atom. The minimum atomic E-state index is -0.560. The molecule has 1 saturated heterocycles. The largest absolute Gasteiger partial charge is 0.469 e. The number of aliphatic hydroxyl groups is 1. The van der Waals surface area contributed by atoms with Gasteiger partial charge < -0.3 is 9.84 Å². The molecule has 1 unspecified atom stereocenters. The summed E-state index contributed by atoms with van der Waals surface area (Å²) in [7, 11) is 1.39. The maximum absolute atomic E-state index is 11.0. The second-order valence-electron chi connectivity index (χ2n) is 4.09. The quantitative estimate of drug-likeness (QED) is 0.625. The van der Waals surface area contributed by atoms with Crippen molar-refractivity contribution >= 4 is 5.97 Å². The van der Waals surface area contributed by atoms with E-state index in [9.17, 15) is 9.90 Å². The molecule has 4 heteroatoms. The molecule has 13 heavy (non-hydrogen) atoms. The molecule has 0 aromatic carbocycles. The Morgan fingerprint density at radius 3 is 2.62 bits per heavy atom. The molecule has 76 valence electrons. The van der Waals surface area contributed by atoms with Crippen LogP contribution < -0.4 is 0 Å². The van der Waals surface area contributed by atoms with Crippen LogP contribution in [0.5, 0.6) is 0 Å². The topological polar surface area (TPSA) is 49.8 Å². The molecule has 0 amide bonds. The van der Waals surface area contributed by atoms with Gasteiger partial charge in [0.15, 0.2) is 0 Å². The number of esters is 1. The van der Waals surface area contributed by atoms with Gasteiger partial charge in [-0.05, 0) is 6.92 Å². The molecular formula is C9H17NO3. The van der Waals surface area contributed by atoms with Crippen LogP contribution in [0.15, 0.2) is 0 Å². The predicted octanol–water partition coefficient (Wildman–Crippen LogP) is -0.138. The summed E-state index contributed by atoms with van der Waals surface area (Å²) in [5, 5.41) is 9.43. The molecular weight excluding hydrogens is 170 g/mol. The maximum atomic E-state index is 11.0. The fraction of sp³-hybridized carbons (Fsp3) is 0.889. The number of hydrogen-bond donors (Lipinski definition) is 1. The van der Waals surface area contributed by atoms with Crippen molar-refractivity contribution in [2.75, 3.05) is 26.7 Å². The Balaban J connectivity index is 2.24. The lowest BCUT2D eigenvalue weighted by molar-refractivity contribution is -0.148. The van der Waals surface area contributed by atoms with Gasteiger partial charge in [-0.3, -0.25) is 9.69 Å². The van der Waals surface area contributed by atoms with Gasteiger partial charge in [0.2, 0.25) is 0 Å². The summed E-state index contributed by atoms with van der Waals surface area (Å²) in [4.78, 5) is 13.1. The molecule has 0 aromatic rings. The minimum absolute atomic E-state index is 0.110. The van der Waals surface area contributed by atoms with E-state index in [1.54, 1.807) is 6.92 Å². The van der Waals surface area contributed by atoms with Crippen molar-refractivity contribution in [2.45, 2.75) is 19.4 Å². The average molecular weight is 187 g/mol. The lowest BCUT2D eigenvalue weighted by Crippen LogP contribution is -2.60. The van der Waals surface area contributed by atoms with E-state index in [0.717, 1.165) is 0 Å². The summed E-state index contributed by atoms with van der Waals surface area (Å²) in [5.74, 6) is -0.298. The van der Waals surface area contributed by atoms with Crippen LogP contribution in [0.2, 0.25) is 0 Å². The number of β-amino-alcohol motifs (C(OH)–C–C–N with tert-alkyl or cyclic N) is 1. The summed E-state index contributed by atoms with van der Waals surface area (Å²) in [6, 6.07) is 0. The molecule has 0 bridgehead atoms. The highest BCUT2D eigenvalue weighted by atomic mass is 16.5. The number of methoxy groups -OCH3 is 1. The van der Waals surface area contributed by atoms with E-state index in [4.69, 9.17) is 0 Å². The highest BCUT2D eigenvalue weighted by Gasteiger charge is 2.37. The Morgan fingerprint density at radius 1 is 1.69 bits per heavy atom. The number of nitrogens with zero attached hydrogens (tertiary/aromatic N) is 1. The van der Waals surface area contributed by atoms with E-state index in [1.165, 1.54) is 7.11 Å². The number of carbonyl (C=O) groups excluding carboxylic acids is 1. The van der Waals surface area contributed by atoms with Crippen molar-refractivity contribution < 1.29 is 14.6 Å². The molecule has 4 nitrogen and oxygen atoms in total. The van der Waals surface area contributed by atoms with Crippen LogP contribution in [0.4, 0.5) is 0 Å². The Kier molecular flexibility index (Phi) is 2.93. The second-order valence-corrected chi connectivity index (χ2v) is 4.09. The number of likely N-dealkylation sites (tertiary alicyclic amines) is 1. The smallest absolute Gasteiger partial charge is 0.309 e. The Hall–Kier alpha value is -0.610. The zero-order chi connectivity index (χ0) is 10.1. The highest BCUT2D eigenvalue weighted by molar-refractivity contribution is 5.72. The van der Waals surface area contributed by atoms with Crippen molar-refractivity contribution in [3.8, 4) is 0 Å². The van der Waals surface area contributed by atoms with Crippen molar-refractivity contribution in [3.63, 3.8) is 0 Å². The molecule has 1 aliphatic heterocycles. The van der Waals surface area contributed by atoms with E-state index in [-0.39, 0.29) is 11.9 Å². The number of rotatable bonds is 3. The van der Waals surface area contributed by atoms with Gasteiger partial charge in [-0.25, -0.2) is 0 Å². The molecule has 1 rings (SSSR count). The van der Waals surface area contributed by atoms with Crippen molar-refractivity contribution in [3.05, 3.63) is 0 Å². The first-order chi connectivity index (χ1) is 5.94. The third-order valence-corrected chi connectivity index (χ3v) is 2.26. The van der Waals surface area contributed by atoms with Crippen LogP contribution in [0, 0.1) is 5.92 Å². The molecule has 0 spiro atoms. The summed E-state index contributed by atoms with van der Waals surface area (Å²) >= 11 is 0. The van der Waals surface area contributed by atoms with Crippen molar-refractivity contribution in [1.82, 2.24) is 4.90 Å². The second kappa shape index (κ2) is 3.64. The first-order valence-electron chi connectivity index (χ1n) is 4.47. The molecule has 1 N–H and O–H groups in total. The third-order valence-electron chi connectivity index (χ3n) is 2.26. The van der Waals surface area contributed by atoms with Gasteiger partial charge in [-0.2, -0.15) is 0 Å². The Labute approximate surface area is 78.5 Å². The maximum Gasteiger partial charge on any atom is 0.309 e. The number of carbonyl (C=O) groups is 1. The molecule has 0 radical (unpaired) electrons. The van der Waals surface area contributed by atoms with Crippen LogP contribution in [0.3, 0.4) is 0 Å². The van der Waals surface area contributed by atoms with Crippen LogP contribution in [-0.2, 0) is 9.53 Å². The van der Waals surface area contributed by atoms with E-state index in [0.29, 0.717) is 19.6 Å². The van der Waals surface area contributed by atoms with Gasteiger partial charge in [-0.15, -0.1) is 0 Å². The van der Waals surface area contributed by atoms with E-state index < -0.39 is 5.60 Å². The number of hydrogen-bond acceptors (Lipinski definition) is 4. The standard InChI is InChI=1S/C9H17NO3/c1-7(8(11)13-3)4-10-5-9(2,12)6-10/h7,12H,4-6H2,1-3H3. The first kappa shape index (κ1) is 10.5. The lowest BCUT2D eigenvalue weighted by Gasteiger charge is -2.44. The minimum Gasteiger partial charge on any atom is -0.469 e.